The molecule has 0 heterocycles. The zero-order valence-corrected chi connectivity index (χ0v) is 12.8. The Hall–Kier alpha value is 0.177. The van der Waals surface area contributed by atoms with Crippen LogP contribution >= 0.6 is 0 Å². The maximum absolute atomic E-state index is 6.03. The summed E-state index contributed by atoms with van der Waals surface area (Å²) in [7, 11) is -1.32. The molecule has 15 heavy (non-hydrogen) atoms. The molecule has 0 aliphatic heterocycles. The molecule has 0 aliphatic rings. The predicted molar refractivity (Wildman–Crippen MR) is 71.7 cm³/mol. The number of hydrogen-bond donors (Lipinski definition) is 0. The van der Waals surface area contributed by atoms with Gasteiger partial charge in [0.25, 0.3) is 0 Å². The molecule has 92 valence electrons. The SMILES string of the molecule is CC(C)CC(CO[Si](C)(C)C)CC(C)C. The molecule has 1 nitrogen and oxygen atoms in total. The second kappa shape index (κ2) is 6.69. The van der Waals surface area contributed by atoms with Crippen molar-refractivity contribution in [3.05, 3.63) is 0 Å². The van der Waals surface area contributed by atoms with Crippen molar-refractivity contribution in [3.8, 4) is 0 Å². The molecule has 0 saturated carbocycles. The Morgan fingerprint density at radius 1 is 0.867 bits per heavy atom. The summed E-state index contributed by atoms with van der Waals surface area (Å²) in [5, 5.41) is 0. The summed E-state index contributed by atoms with van der Waals surface area (Å²) in [5.41, 5.74) is 0. The van der Waals surface area contributed by atoms with Crippen LogP contribution in [0.3, 0.4) is 0 Å². The highest BCUT2D eigenvalue weighted by Gasteiger charge is 2.19. The number of hydrogen-bond acceptors (Lipinski definition) is 1. The van der Waals surface area contributed by atoms with E-state index in [2.05, 4.69) is 47.3 Å². The summed E-state index contributed by atoms with van der Waals surface area (Å²) in [6.07, 6.45) is 2.62. The van der Waals surface area contributed by atoms with Crippen LogP contribution in [-0.2, 0) is 4.43 Å². The minimum Gasteiger partial charge on any atom is -0.417 e. The molecule has 0 N–H and O–H groups in total. The molecule has 0 spiro atoms. The number of rotatable bonds is 7. The predicted octanol–water partition coefficient (Wildman–Crippen LogP) is 4.55. The molecule has 0 amide bonds. The molecule has 2 heteroatoms. The molecule has 0 unspecified atom stereocenters. The zero-order valence-electron chi connectivity index (χ0n) is 11.8. The van der Waals surface area contributed by atoms with Crippen molar-refractivity contribution < 1.29 is 4.43 Å². The fourth-order valence-corrected chi connectivity index (χ4v) is 2.67. The first-order chi connectivity index (χ1) is 6.70. The van der Waals surface area contributed by atoms with Gasteiger partial charge < -0.3 is 4.43 Å². The van der Waals surface area contributed by atoms with Crippen LogP contribution < -0.4 is 0 Å². The molecule has 0 saturated heterocycles. The van der Waals surface area contributed by atoms with Gasteiger partial charge in [-0.05, 0) is 50.2 Å². The van der Waals surface area contributed by atoms with Gasteiger partial charge in [-0.1, -0.05) is 27.7 Å². The average molecular weight is 230 g/mol. The van der Waals surface area contributed by atoms with Crippen molar-refractivity contribution in [2.24, 2.45) is 17.8 Å². The molecular formula is C13H30OSi. The highest BCUT2D eigenvalue weighted by Crippen LogP contribution is 2.21. The molecular weight excluding hydrogens is 200 g/mol. The van der Waals surface area contributed by atoms with Gasteiger partial charge in [0.1, 0.15) is 0 Å². The molecule has 0 bridgehead atoms. The smallest absolute Gasteiger partial charge is 0.183 e. The van der Waals surface area contributed by atoms with Gasteiger partial charge in [0.05, 0.1) is 0 Å². The van der Waals surface area contributed by atoms with Crippen molar-refractivity contribution in [2.45, 2.75) is 60.2 Å². The Kier molecular flexibility index (Phi) is 6.77. The van der Waals surface area contributed by atoms with E-state index in [1.54, 1.807) is 0 Å². The first-order valence-electron chi connectivity index (χ1n) is 6.34. The van der Waals surface area contributed by atoms with Crippen LogP contribution in [0.4, 0.5) is 0 Å². The van der Waals surface area contributed by atoms with E-state index in [4.69, 9.17) is 4.43 Å². The van der Waals surface area contributed by atoms with Crippen LogP contribution in [0.2, 0.25) is 19.6 Å². The normalized spacial score (nSPS) is 13.2. The van der Waals surface area contributed by atoms with E-state index >= 15 is 0 Å². The van der Waals surface area contributed by atoms with Gasteiger partial charge in [-0.15, -0.1) is 0 Å². The quantitative estimate of drug-likeness (QED) is 0.583. The minimum atomic E-state index is -1.32. The van der Waals surface area contributed by atoms with Gasteiger partial charge in [-0.25, -0.2) is 0 Å². The second-order valence-electron chi connectivity index (χ2n) is 6.55. The van der Waals surface area contributed by atoms with Gasteiger partial charge in [0.2, 0.25) is 0 Å². The van der Waals surface area contributed by atoms with Crippen LogP contribution in [-0.4, -0.2) is 14.9 Å². The van der Waals surface area contributed by atoms with E-state index in [0.717, 1.165) is 24.4 Å². The first-order valence-corrected chi connectivity index (χ1v) is 9.75. The molecule has 0 atom stereocenters. The fourth-order valence-electron chi connectivity index (χ4n) is 1.93. The topological polar surface area (TPSA) is 9.23 Å². The van der Waals surface area contributed by atoms with Gasteiger partial charge in [0, 0.05) is 6.61 Å². The Bertz CT molecular complexity index is 148. The third-order valence-corrected chi connectivity index (χ3v) is 3.39. The van der Waals surface area contributed by atoms with Gasteiger partial charge in [0.15, 0.2) is 8.32 Å². The summed E-state index contributed by atoms with van der Waals surface area (Å²) in [6, 6.07) is 0. The molecule has 0 aliphatic carbocycles. The summed E-state index contributed by atoms with van der Waals surface area (Å²) < 4.78 is 6.03. The molecule has 0 rings (SSSR count). The van der Waals surface area contributed by atoms with Crippen LogP contribution in [0.25, 0.3) is 0 Å². The molecule has 0 aromatic heterocycles. The van der Waals surface area contributed by atoms with Gasteiger partial charge in [-0.2, -0.15) is 0 Å². The average Bonchev–Trinajstić information content (AvgIpc) is 1.96. The van der Waals surface area contributed by atoms with E-state index in [9.17, 15) is 0 Å². The Morgan fingerprint density at radius 3 is 1.53 bits per heavy atom. The monoisotopic (exact) mass is 230 g/mol. The van der Waals surface area contributed by atoms with Gasteiger partial charge in [-0.3, -0.25) is 0 Å². The Morgan fingerprint density at radius 2 is 1.27 bits per heavy atom. The van der Waals surface area contributed by atoms with Crippen molar-refractivity contribution in [1.29, 1.82) is 0 Å². The first kappa shape index (κ1) is 15.2. The fraction of sp³-hybridized carbons (Fsp3) is 1.00. The zero-order chi connectivity index (χ0) is 12.1. The standard InChI is InChI=1S/C13H30OSi/c1-11(2)8-13(9-12(3)4)10-14-15(5,6)7/h11-13H,8-10H2,1-7H3. The minimum absolute atomic E-state index is 0.761. The van der Waals surface area contributed by atoms with Crippen LogP contribution in [0, 0.1) is 17.8 Å². The van der Waals surface area contributed by atoms with Crippen molar-refractivity contribution in [2.75, 3.05) is 6.61 Å². The van der Waals surface area contributed by atoms with Crippen LogP contribution in [0.1, 0.15) is 40.5 Å². The lowest BCUT2D eigenvalue weighted by atomic mass is 9.90. The van der Waals surface area contributed by atoms with E-state index in [-0.39, 0.29) is 0 Å². The Balaban J connectivity index is 4.01. The van der Waals surface area contributed by atoms with E-state index in [0.29, 0.717) is 0 Å². The molecule has 0 fully saturated rings. The van der Waals surface area contributed by atoms with E-state index < -0.39 is 8.32 Å². The second-order valence-corrected chi connectivity index (χ2v) is 11.1. The lowest BCUT2D eigenvalue weighted by Gasteiger charge is -2.25. The van der Waals surface area contributed by atoms with Crippen molar-refractivity contribution in [1.82, 2.24) is 0 Å². The van der Waals surface area contributed by atoms with Crippen LogP contribution in [0.5, 0.6) is 0 Å². The maximum Gasteiger partial charge on any atom is 0.183 e. The highest BCUT2D eigenvalue weighted by atomic mass is 28.4. The van der Waals surface area contributed by atoms with Crippen molar-refractivity contribution in [3.63, 3.8) is 0 Å². The lowest BCUT2D eigenvalue weighted by molar-refractivity contribution is 0.198. The maximum atomic E-state index is 6.03. The highest BCUT2D eigenvalue weighted by molar-refractivity contribution is 6.69. The summed E-state index contributed by atoms with van der Waals surface area (Å²) in [5.74, 6) is 2.34. The molecule has 0 radical (unpaired) electrons. The molecule has 0 aromatic carbocycles. The third-order valence-electron chi connectivity index (χ3n) is 2.36. The molecule has 0 aromatic rings. The lowest BCUT2D eigenvalue weighted by Crippen LogP contribution is -2.29. The third kappa shape index (κ3) is 10.5. The summed E-state index contributed by atoms with van der Waals surface area (Å²) in [6.45, 7) is 17.0. The summed E-state index contributed by atoms with van der Waals surface area (Å²) >= 11 is 0. The Labute approximate surface area is 97.7 Å². The van der Waals surface area contributed by atoms with E-state index in [1.807, 2.05) is 0 Å². The van der Waals surface area contributed by atoms with E-state index in [1.165, 1.54) is 12.8 Å². The van der Waals surface area contributed by atoms with Gasteiger partial charge >= 0.3 is 0 Å². The largest absolute Gasteiger partial charge is 0.417 e. The van der Waals surface area contributed by atoms with Crippen molar-refractivity contribution >= 4 is 8.32 Å². The summed E-state index contributed by atoms with van der Waals surface area (Å²) in [4.78, 5) is 0. The van der Waals surface area contributed by atoms with Crippen LogP contribution in [0.15, 0.2) is 0 Å².